The van der Waals surface area contributed by atoms with Crippen molar-refractivity contribution >= 4 is 5.97 Å². The third kappa shape index (κ3) is 16.1. The first-order valence-electron chi connectivity index (χ1n) is 10.1. The first kappa shape index (κ1) is 22.4. The van der Waals surface area contributed by atoms with Gasteiger partial charge in [-0.2, -0.15) is 0 Å². The van der Waals surface area contributed by atoms with E-state index in [0.717, 1.165) is 38.9 Å². The highest BCUT2D eigenvalue weighted by Crippen LogP contribution is 2.10. The molecule has 23 heavy (non-hydrogen) atoms. The lowest BCUT2D eigenvalue weighted by Gasteiger charge is -2.20. The summed E-state index contributed by atoms with van der Waals surface area (Å²) in [5.41, 5.74) is 0. The number of carbonyl (C=O) groups is 1. The summed E-state index contributed by atoms with van der Waals surface area (Å²) in [6, 6.07) is 0. The summed E-state index contributed by atoms with van der Waals surface area (Å²) in [5.74, 6) is -0.0131. The smallest absolute Gasteiger partial charge is 0.305 e. The van der Waals surface area contributed by atoms with Gasteiger partial charge in [0, 0.05) is 13.0 Å². The van der Waals surface area contributed by atoms with Crippen molar-refractivity contribution in [1.29, 1.82) is 0 Å². The van der Waals surface area contributed by atoms with Crippen LogP contribution in [0.15, 0.2) is 0 Å². The van der Waals surface area contributed by atoms with Crippen LogP contribution in [0, 0.1) is 0 Å². The number of carbonyl (C=O) groups excluding carboxylic acids is 1. The van der Waals surface area contributed by atoms with Gasteiger partial charge in [-0.25, -0.2) is 0 Å². The lowest BCUT2D eigenvalue weighted by atomic mass is 10.1. The second-order valence-corrected chi connectivity index (χ2v) is 6.64. The van der Waals surface area contributed by atoms with Crippen LogP contribution >= 0.6 is 0 Å². The maximum atomic E-state index is 11.7. The third-order valence-electron chi connectivity index (χ3n) is 4.23. The van der Waals surface area contributed by atoms with Crippen LogP contribution in [0.3, 0.4) is 0 Å². The van der Waals surface area contributed by atoms with Gasteiger partial charge in [0.15, 0.2) is 0 Å². The molecule has 0 unspecified atom stereocenters. The monoisotopic (exact) mass is 327 g/mol. The molecule has 0 saturated heterocycles. The fourth-order valence-corrected chi connectivity index (χ4v) is 2.91. The highest BCUT2D eigenvalue weighted by Gasteiger charge is 2.06. The van der Waals surface area contributed by atoms with Crippen LogP contribution < -0.4 is 0 Å². The molecule has 0 spiro atoms. The normalized spacial score (nSPS) is 11.1. The third-order valence-corrected chi connectivity index (χ3v) is 4.23. The molecule has 0 bridgehead atoms. The molecule has 0 aromatic heterocycles. The van der Waals surface area contributed by atoms with Gasteiger partial charge in [0.05, 0.1) is 0 Å². The standard InChI is InChI=1S/C20H41NO2/c1-4-7-8-9-10-11-12-13-14-15-20(22)23-19-18-21(16-5-2)17-6-3/h4-19H2,1-3H3. The summed E-state index contributed by atoms with van der Waals surface area (Å²) in [6.45, 7) is 10.3. The quantitative estimate of drug-likeness (QED) is 0.258. The Morgan fingerprint density at radius 2 is 1.22 bits per heavy atom. The first-order valence-corrected chi connectivity index (χ1v) is 10.1. The minimum Gasteiger partial charge on any atom is -0.464 e. The molecule has 0 saturated carbocycles. The molecule has 0 aliphatic heterocycles. The molecule has 138 valence electrons. The molecule has 0 aliphatic rings. The zero-order chi connectivity index (χ0) is 17.2. The second-order valence-electron chi connectivity index (χ2n) is 6.64. The van der Waals surface area contributed by atoms with Gasteiger partial charge in [-0.3, -0.25) is 9.69 Å². The fourth-order valence-electron chi connectivity index (χ4n) is 2.91. The number of esters is 1. The van der Waals surface area contributed by atoms with Gasteiger partial charge >= 0.3 is 5.97 Å². The van der Waals surface area contributed by atoms with E-state index in [2.05, 4.69) is 25.7 Å². The van der Waals surface area contributed by atoms with E-state index in [1.807, 2.05) is 0 Å². The largest absolute Gasteiger partial charge is 0.464 e. The molecule has 0 N–H and O–H groups in total. The summed E-state index contributed by atoms with van der Waals surface area (Å²) < 4.78 is 5.36. The molecule has 0 heterocycles. The summed E-state index contributed by atoms with van der Waals surface area (Å²) >= 11 is 0. The number of hydrogen-bond donors (Lipinski definition) is 0. The molecule has 0 fully saturated rings. The zero-order valence-corrected chi connectivity index (χ0v) is 16.1. The van der Waals surface area contributed by atoms with Crippen molar-refractivity contribution < 1.29 is 9.53 Å². The fraction of sp³-hybridized carbons (Fsp3) is 0.950. The van der Waals surface area contributed by atoms with Crippen LogP contribution in [0.4, 0.5) is 0 Å². The predicted molar refractivity (Wildman–Crippen MR) is 99.8 cm³/mol. The minimum absolute atomic E-state index is 0.0131. The van der Waals surface area contributed by atoms with Gasteiger partial charge in [-0.05, 0) is 32.4 Å². The Balaban J connectivity index is 3.39. The SMILES string of the molecule is CCCCCCCCCCCC(=O)OCCN(CCC)CCC. The van der Waals surface area contributed by atoms with E-state index in [1.54, 1.807) is 0 Å². The molecule has 0 aromatic carbocycles. The molecule has 3 nitrogen and oxygen atoms in total. The van der Waals surface area contributed by atoms with Crippen molar-refractivity contribution in [3.8, 4) is 0 Å². The number of ether oxygens (including phenoxy) is 1. The van der Waals surface area contributed by atoms with Crippen LogP contribution in [0.2, 0.25) is 0 Å². The Hall–Kier alpha value is -0.570. The summed E-state index contributed by atoms with van der Waals surface area (Å²) in [7, 11) is 0. The summed E-state index contributed by atoms with van der Waals surface area (Å²) in [5, 5.41) is 0. The molecule has 0 amide bonds. The van der Waals surface area contributed by atoms with Crippen molar-refractivity contribution in [3.05, 3.63) is 0 Å². The maximum Gasteiger partial charge on any atom is 0.305 e. The Morgan fingerprint density at radius 1 is 0.696 bits per heavy atom. The van der Waals surface area contributed by atoms with Crippen LogP contribution in [0.25, 0.3) is 0 Å². The number of unbranched alkanes of at least 4 members (excludes halogenated alkanes) is 8. The van der Waals surface area contributed by atoms with Crippen LogP contribution in [0.1, 0.15) is 97.8 Å². The highest BCUT2D eigenvalue weighted by atomic mass is 16.5. The van der Waals surface area contributed by atoms with E-state index < -0.39 is 0 Å². The summed E-state index contributed by atoms with van der Waals surface area (Å²) in [4.78, 5) is 14.1. The second kappa shape index (κ2) is 17.8. The van der Waals surface area contributed by atoms with E-state index in [-0.39, 0.29) is 5.97 Å². The number of nitrogens with zero attached hydrogens (tertiary/aromatic N) is 1. The molecule has 0 radical (unpaired) electrons. The number of hydrogen-bond acceptors (Lipinski definition) is 3. The van der Waals surface area contributed by atoms with E-state index in [1.165, 1.54) is 51.4 Å². The van der Waals surface area contributed by atoms with Crippen molar-refractivity contribution in [3.63, 3.8) is 0 Å². The Labute approximate surface area is 145 Å². The molecule has 0 aliphatic carbocycles. The van der Waals surface area contributed by atoms with Gasteiger partial charge < -0.3 is 4.74 Å². The molecule has 0 rings (SSSR count). The molecular formula is C20H41NO2. The molecule has 3 heteroatoms. The van der Waals surface area contributed by atoms with Gasteiger partial charge in [0.2, 0.25) is 0 Å². The average Bonchev–Trinajstić information content (AvgIpc) is 2.53. The van der Waals surface area contributed by atoms with Gasteiger partial charge in [0.1, 0.15) is 6.61 Å². The van der Waals surface area contributed by atoms with Crippen molar-refractivity contribution in [2.75, 3.05) is 26.2 Å². The highest BCUT2D eigenvalue weighted by molar-refractivity contribution is 5.69. The Kier molecular flexibility index (Phi) is 17.3. The first-order chi connectivity index (χ1) is 11.2. The number of rotatable bonds is 17. The van der Waals surface area contributed by atoms with Crippen molar-refractivity contribution in [1.82, 2.24) is 4.90 Å². The van der Waals surface area contributed by atoms with Gasteiger partial charge in [-0.15, -0.1) is 0 Å². The van der Waals surface area contributed by atoms with Crippen LogP contribution in [-0.4, -0.2) is 37.1 Å². The van der Waals surface area contributed by atoms with E-state index >= 15 is 0 Å². The van der Waals surface area contributed by atoms with Crippen LogP contribution in [-0.2, 0) is 9.53 Å². The lowest BCUT2D eigenvalue weighted by molar-refractivity contribution is -0.144. The lowest BCUT2D eigenvalue weighted by Crippen LogP contribution is -2.29. The van der Waals surface area contributed by atoms with E-state index in [9.17, 15) is 4.79 Å². The summed E-state index contributed by atoms with van der Waals surface area (Å²) in [6.07, 6.45) is 14.5. The Bertz CT molecular complexity index is 250. The van der Waals surface area contributed by atoms with E-state index in [0.29, 0.717) is 13.0 Å². The maximum absolute atomic E-state index is 11.7. The van der Waals surface area contributed by atoms with E-state index in [4.69, 9.17) is 4.74 Å². The molecule has 0 atom stereocenters. The van der Waals surface area contributed by atoms with Crippen molar-refractivity contribution in [2.45, 2.75) is 97.8 Å². The Morgan fingerprint density at radius 3 is 1.74 bits per heavy atom. The zero-order valence-electron chi connectivity index (χ0n) is 16.1. The topological polar surface area (TPSA) is 29.5 Å². The molecule has 0 aromatic rings. The average molecular weight is 328 g/mol. The predicted octanol–water partition coefficient (Wildman–Crippen LogP) is 5.57. The minimum atomic E-state index is -0.0131. The van der Waals surface area contributed by atoms with Gasteiger partial charge in [0.25, 0.3) is 0 Å². The molecular weight excluding hydrogens is 286 g/mol. The van der Waals surface area contributed by atoms with Crippen LogP contribution in [0.5, 0.6) is 0 Å². The van der Waals surface area contributed by atoms with Gasteiger partial charge in [-0.1, -0.05) is 72.1 Å². The van der Waals surface area contributed by atoms with Crippen molar-refractivity contribution in [2.24, 2.45) is 0 Å².